The Labute approximate surface area is 104 Å². The molecule has 3 rings (SSSR count). The van der Waals surface area contributed by atoms with Crippen molar-refractivity contribution in [2.45, 2.75) is 25.3 Å². The number of rotatable bonds is 3. The van der Waals surface area contributed by atoms with Gasteiger partial charge in [0.1, 0.15) is 12.1 Å². The van der Waals surface area contributed by atoms with Crippen LogP contribution in [-0.4, -0.2) is 27.1 Å². The Morgan fingerprint density at radius 2 is 2.17 bits per heavy atom. The molecule has 2 N–H and O–H groups in total. The topological polar surface area (TPSA) is 75.1 Å². The first-order valence-corrected chi connectivity index (χ1v) is 5.98. The van der Waals surface area contributed by atoms with Crippen LogP contribution in [0.15, 0.2) is 24.5 Å². The van der Waals surface area contributed by atoms with E-state index in [0.717, 1.165) is 11.2 Å². The summed E-state index contributed by atoms with van der Waals surface area (Å²) in [5, 5.41) is 13.2. The number of carboxylic acids is 1. The van der Waals surface area contributed by atoms with Crippen molar-refractivity contribution in [3.8, 4) is 0 Å². The second-order valence-electron chi connectivity index (χ2n) is 4.53. The van der Waals surface area contributed by atoms with Gasteiger partial charge in [-0.3, -0.25) is 0 Å². The predicted molar refractivity (Wildman–Crippen MR) is 67.8 cm³/mol. The van der Waals surface area contributed by atoms with Gasteiger partial charge in [-0.1, -0.05) is 0 Å². The van der Waals surface area contributed by atoms with Crippen LogP contribution < -0.4 is 5.32 Å². The maximum absolute atomic E-state index is 10.9. The van der Waals surface area contributed by atoms with Crippen LogP contribution in [0.4, 0.5) is 5.82 Å². The van der Waals surface area contributed by atoms with Gasteiger partial charge in [0.25, 0.3) is 0 Å². The van der Waals surface area contributed by atoms with Crippen molar-refractivity contribution in [2.24, 2.45) is 0 Å². The maximum atomic E-state index is 10.9. The molecule has 1 aromatic carbocycles. The molecule has 0 spiro atoms. The Bertz CT molecular complexity index is 608. The quantitative estimate of drug-likeness (QED) is 0.865. The minimum atomic E-state index is -0.941. The molecule has 1 saturated carbocycles. The molecule has 0 bridgehead atoms. The van der Waals surface area contributed by atoms with Crippen LogP contribution >= 0.6 is 0 Å². The highest BCUT2D eigenvalue weighted by Crippen LogP contribution is 2.26. The normalized spacial score (nSPS) is 15.3. The molecule has 0 radical (unpaired) electrons. The van der Waals surface area contributed by atoms with E-state index in [2.05, 4.69) is 15.3 Å². The smallest absolute Gasteiger partial charge is 0.335 e. The lowest BCUT2D eigenvalue weighted by molar-refractivity contribution is 0.0697. The van der Waals surface area contributed by atoms with Crippen LogP contribution in [0.25, 0.3) is 10.9 Å². The average molecular weight is 243 g/mol. The van der Waals surface area contributed by atoms with Crippen molar-refractivity contribution in [1.29, 1.82) is 0 Å². The van der Waals surface area contributed by atoms with Crippen LogP contribution in [0, 0.1) is 0 Å². The molecule has 0 saturated heterocycles. The second kappa shape index (κ2) is 4.25. The molecule has 1 aromatic heterocycles. The zero-order chi connectivity index (χ0) is 12.5. The SMILES string of the molecule is O=C(O)c1ccc2c(NC3CCC3)ncnc2c1. The highest BCUT2D eigenvalue weighted by atomic mass is 16.4. The van der Waals surface area contributed by atoms with Gasteiger partial charge in [0.2, 0.25) is 0 Å². The Morgan fingerprint density at radius 3 is 2.83 bits per heavy atom. The lowest BCUT2D eigenvalue weighted by atomic mass is 9.93. The fourth-order valence-corrected chi connectivity index (χ4v) is 2.05. The van der Waals surface area contributed by atoms with Crippen molar-refractivity contribution in [3.63, 3.8) is 0 Å². The fraction of sp³-hybridized carbons (Fsp3) is 0.308. The average Bonchev–Trinajstić information content (AvgIpc) is 2.33. The van der Waals surface area contributed by atoms with Crippen LogP contribution in [0.1, 0.15) is 29.6 Å². The summed E-state index contributed by atoms with van der Waals surface area (Å²) in [7, 11) is 0. The molecule has 0 atom stereocenters. The molecule has 18 heavy (non-hydrogen) atoms. The third-order valence-electron chi connectivity index (χ3n) is 3.33. The van der Waals surface area contributed by atoms with E-state index in [0.29, 0.717) is 11.6 Å². The van der Waals surface area contributed by atoms with Crippen molar-refractivity contribution in [1.82, 2.24) is 9.97 Å². The maximum Gasteiger partial charge on any atom is 0.335 e. The highest BCUT2D eigenvalue weighted by molar-refractivity contribution is 5.96. The van der Waals surface area contributed by atoms with E-state index < -0.39 is 5.97 Å². The van der Waals surface area contributed by atoms with Gasteiger partial charge in [0.05, 0.1) is 11.1 Å². The predicted octanol–water partition coefficient (Wildman–Crippen LogP) is 2.29. The van der Waals surface area contributed by atoms with Gasteiger partial charge in [0.15, 0.2) is 0 Å². The van der Waals surface area contributed by atoms with Crippen LogP contribution in [-0.2, 0) is 0 Å². The highest BCUT2D eigenvalue weighted by Gasteiger charge is 2.18. The first kappa shape index (κ1) is 11.0. The van der Waals surface area contributed by atoms with Gasteiger partial charge >= 0.3 is 5.97 Å². The minimum absolute atomic E-state index is 0.246. The first-order valence-electron chi connectivity index (χ1n) is 5.98. The fourth-order valence-electron chi connectivity index (χ4n) is 2.05. The summed E-state index contributed by atoms with van der Waals surface area (Å²) in [4.78, 5) is 19.3. The van der Waals surface area contributed by atoms with E-state index in [-0.39, 0.29) is 5.56 Å². The Morgan fingerprint density at radius 1 is 1.33 bits per heavy atom. The third-order valence-corrected chi connectivity index (χ3v) is 3.33. The Kier molecular flexibility index (Phi) is 2.59. The second-order valence-corrected chi connectivity index (χ2v) is 4.53. The van der Waals surface area contributed by atoms with E-state index >= 15 is 0 Å². The molecule has 1 aliphatic carbocycles. The van der Waals surface area contributed by atoms with E-state index in [1.165, 1.54) is 25.6 Å². The van der Waals surface area contributed by atoms with E-state index in [9.17, 15) is 4.79 Å². The van der Waals surface area contributed by atoms with Gasteiger partial charge in [-0.05, 0) is 37.5 Å². The largest absolute Gasteiger partial charge is 0.478 e. The van der Waals surface area contributed by atoms with Crippen LogP contribution in [0.2, 0.25) is 0 Å². The molecule has 2 aromatic rings. The van der Waals surface area contributed by atoms with E-state index in [1.807, 2.05) is 0 Å². The zero-order valence-electron chi connectivity index (χ0n) is 9.76. The van der Waals surface area contributed by atoms with Gasteiger partial charge in [-0.15, -0.1) is 0 Å². The van der Waals surface area contributed by atoms with Crippen molar-refractivity contribution in [2.75, 3.05) is 5.32 Å². The van der Waals surface area contributed by atoms with Crippen LogP contribution in [0.3, 0.4) is 0 Å². The Balaban J connectivity index is 2.01. The summed E-state index contributed by atoms with van der Waals surface area (Å²) in [6.07, 6.45) is 5.05. The van der Waals surface area contributed by atoms with Crippen molar-refractivity contribution >= 4 is 22.7 Å². The van der Waals surface area contributed by atoms with Gasteiger partial charge in [0, 0.05) is 11.4 Å². The van der Waals surface area contributed by atoms with E-state index in [1.54, 1.807) is 18.2 Å². The van der Waals surface area contributed by atoms with E-state index in [4.69, 9.17) is 5.11 Å². The molecule has 0 aliphatic heterocycles. The van der Waals surface area contributed by atoms with Crippen LogP contribution in [0.5, 0.6) is 0 Å². The molecule has 0 unspecified atom stereocenters. The first-order chi connectivity index (χ1) is 8.74. The summed E-state index contributed by atoms with van der Waals surface area (Å²) in [6, 6.07) is 5.41. The molecular formula is C13H13N3O2. The number of benzene rings is 1. The number of aromatic carboxylic acids is 1. The summed E-state index contributed by atoms with van der Waals surface area (Å²) < 4.78 is 0. The number of aromatic nitrogens is 2. The van der Waals surface area contributed by atoms with Gasteiger partial charge in [-0.25, -0.2) is 14.8 Å². The van der Waals surface area contributed by atoms with Crippen molar-refractivity contribution < 1.29 is 9.90 Å². The summed E-state index contributed by atoms with van der Waals surface area (Å²) in [5.41, 5.74) is 0.905. The lowest BCUT2D eigenvalue weighted by Gasteiger charge is -2.27. The number of anilines is 1. The molecule has 5 heteroatoms. The third kappa shape index (κ3) is 1.88. The number of fused-ring (bicyclic) bond motifs is 1. The number of carbonyl (C=O) groups is 1. The number of hydrogen-bond donors (Lipinski definition) is 2. The number of nitrogens with zero attached hydrogens (tertiary/aromatic N) is 2. The lowest BCUT2D eigenvalue weighted by Crippen LogP contribution is -2.27. The van der Waals surface area contributed by atoms with Gasteiger partial charge in [-0.2, -0.15) is 0 Å². The zero-order valence-corrected chi connectivity index (χ0v) is 9.76. The molecule has 0 amide bonds. The van der Waals surface area contributed by atoms with Crippen molar-refractivity contribution in [3.05, 3.63) is 30.1 Å². The number of hydrogen-bond acceptors (Lipinski definition) is 4. The standard InChI is InChI=1S/C13H13N3O2/c17-13(18)8-4-5-10-11(6-8)14-7-15-12(10)16-9-2-1-3-9/h4-7,9H,1-3H2,(H,17,18)(H,14,15,16). The molecule has 92 valence electrons. The van der Waals surface area contributed by atoms with Gasteiger partial charge < -0.3 is 10.4 Å². The monoisotopic (exact) mass is 243 g/mol. The summed E-state index contributed by atoms with van der Waals surface area (Å²) in [5.74, 6) is -0.148. The molecular weight excluding hydrogens is 230 g/mol. The molecule has 1 fully saturated rings. The molecule has 5 nitrogen and oxygen atoms in total. The summed E-state index contributed by atoms with van der Waals surface area (Å²) in [6.45, 7) is 0. The number of nitrogens with one attached hydrogen (secondary N) is 1. The molecule has 1 heterocycles. The summed E-state index contributed by atoms with van der Waals surface area (Å²) >= 11 is 0. The molecule has 1 aliphatic rings. The minimum Gasteiger partial charge on any atom is -0.478 e. The number of carboxylic acid groups (broad SMARTS) is 1. The Hall–Kier alpha value is -2.17.